The lowest BCUT2D eigenvalue weighted by molar-refractivity contribution is 0.0940. The van der Waals surface area contributed by atoms with Crippen molar-refractivity contribution < 1.29 is 4.79 Å². The van der Waals surface area contributed by atoms with Gasteiger partial charge in [0.2, 0.25) is 5.62 Å². The number of hydrogen-bond donors (Lipinski definition) is 3. The minimum atomic E-state index is -0.508. The van der Waals surface area contributed by atoms with E-state index in [-0.39, 0.29) is 23.4 Å². The van der Waals surface area contributed by atoms with Crippen molar-refractivity contribution in [1.29, 1.82) is 10.8 Å². The molecular weight excluding hydrogens is 508 g/mol. The predicted molar refractivity (Wildman–Crippen MR) is 150 cm³/mol. The summed E-state index contributed by atoms with van der Waals surface area (Å²) in [7, 11) is 0. The van der Waals surface area contributed by atoms with E-state index in [1.807, 2.05) is 43.5 Å². The Morgan fingerprint density at radius 1 is 1.13 bits per heavy atom. The summed E-state index contributed by atoms with van der Waals surface area (Å²) in [6.45, 7) is 3.85. The minimum Gasteiger partial charge on any atom is -0.343 e. The number of rotatable bonds is 6. The molecule has 1 fully saturated rings. The van der Waals surface area contributed by atoms with Crippen LogP contribution in [0.3, 0.4) is 0 Å². The number of benzene rings is 2. The number of fused-ring (bicyclic) bond motifs is 1. The highest BCUT2D eigenvalue weighted by Gasteiger charge is 2.50. The fraction of sp³-hybridized carbons (Fsp3) is 0.207. The number of aryl methyl sites for hydroxylation is 1. The molecule has 3 heterocycles. The van der Waals surface area contributed by atoms with E-state index in [4.69, 9.17) is 10.8 Å². The quantitative estimate of drug-likeness (QED) is 0.213. The van der Waals surface area contributed by atoms with Crippen molar-refractivity contribution in [2.24, 2.45) is 0 Å². The number of aromatic nitrogens is 5. The first-order chi connectivity index (χ1) is 18.8. The number of pyridine rings is 1. The number of amides is 1. The molecule has 5 aromatic rings. The Bertz CT molecular complexity index is 1790. The second-order valence-electron chi connectivity index (χ2n) is 9.82. The van der Waals surface area contributed by atoms with Crippen LogP contribution in [-0.4, -0.2) is 36.5 Å². The van der Waals surface area contributed by atoms with Gasteiger partial charge in [-0.3, -0.25) is 20.6 Å². The van der Waals surface area contributed by atoms with Gasteiger partial charge in [0.05, 0.1) is 23.2 Å². The highest BCUT2D eigenvalue weighted by atomic mass is 32.1. The van der Waals surface area contributed by atoms with E-state index in [1.165, 1.54) is 22.2 Å². The fourth-order valence-electron chi connectivity index (χ4n) is 4.71. The Kier molecular flexibility index (Phi) is 6.11. The van der Waals surface area contributed by atoms with Crippen LogP contribution in [0.2, 0.25) is 0 Å². The van der Waals surface area contributed by atoms with E-state index in [2.05, 4.69) is 31.4 Å². The van der Waals surface area contributed by atoms with Gasteiger partial charge in [-0.25, -0.2) is 9.97 Å². The summed E-state index contributed by atoms with van der Waals surface area (Å²) in [5, 5.41) is 28.9. The first-order valence-electron chi connectivity index (χ1n) is 12.6. The molecule has 0 radical (unpaired) electrons. The summed E-state index contributed by atoms with van der Waals surface area (Å²) in [5.41, 5.74) is 4.04. The van der Waals surface area contributed by atoms with Crippen molar-refractivity contribution in [1.82, 2.24) is 30.0 Å². The van der Waals surface area contributed by atoms with E-state index >= 15 is 0 Å². The van der Waals surface area contributed by atoms with E-state index < -0.39 is 5.41 Å². The van der Waals surface area contributed by atoms with Gasteiger partial charge in [0, 0.05) is 33.8 Å². The molecule has 3 aromatic heterocycles. The first kappa shape index (κ1) is 24.7. The second kappa shape index (κ2) is 9.63. The number of hydrogen-bond acceptors (Lipinski definition) is 8. The smallest absolute Gasteiger partial charge is 0.251 e. The van der Waals surface area contributed by atoms with Gasteiger partial charge in [0.25, 0.3) is 5.91 Å². The number of carbonyl (C=O) groups excluding carboxylic acids is 1. The van der Waals surface area contributed by atoms with E-state index in [9.17, 15) is 4.79 Å². The van der Waals surface area contributed by atoms with Crippen LogP contribution in [0.15, 0.2) is 72.4 Å². The molecule has 3 N–H and O–H groups in total. The van der Waals surface area contributed by atoms with Crippen molar-refractivity contribution in [3.05, 3.63) is 99.8 Å². The zero-order valence-corrected chi connectivity index (χ0v) is 22.3. The maximum atomic E-state index is 12.8. The lowest BCUT2D eigenvalue weighted by Crippen LogP contribution is -2.38. The molecular formula is C29H26N8OS. The summed E-state index contributed by atoms with van der Waals surface area (Å²) in [6, 6.07) is 16.9. The molecule has 39 heavy (non-hydrogen) atoms. The average molecular weight is 535 g/mol. The monoisotopic (exact) mass is 534 g/mol. The molecule has 1 aliphatic carbocycles. The highest BCUT2D eigenvalue weighted by molar-refractivity contribution is 7.09. The van der Waals surface area contributed by atoms with Crippen LogP contribution < -0.4 is 10.9 Å². The Labute approximate surface area is 228 Å². The van der Waals surface area contributed by atoms with Crippen LogP contribution in [0.5, 0.6) is 0 Å². The maximum Gasteiger partial charge on any atom is 0.251 e. The average Bonchev–Trinajstić information content (AvgIpc) is 3.66. The Balaban J connectivity index is 1.23. The summed E-state index contributed by atoms with van der Waals surface area (Å²) < 4.78 is 1.31. The minimum absolute atomic E-state index is 0.0973. The Morgan fingerprint density at radius 3 is 2.64 bits per heavy atom. The van der Waals surface area contributed by atoms with Crippen molar-refractivity contribution in [3.8, 4) is 11.3 Å². The third-order valence-electron chi connectivity index (χ3n) is 7.09. The zero-order valence-electron chi connectivity index (χ0n) is 21.5. The van der Waals surface area contributed by atoms with Crippen molar-refractivity contribution >= 4 is 34.0 Å². The third kappa shape index (κ3) is 4.63. The molecule has 1 unspecified atom stereocenters. The standard InChI is InChI=1S/C29H26N8OS/c1-17-16-39-26(34-17)18(2)35-25(38)20-7-5-19(6-8-20)24-15-33-28(31)37(36-24)27(30)29(11-12-29)22-9-10-23-21(14-22)4-3-13-32-23/h3-10,13-16,18,30-31H,11-12H2,1-2H3,(H,35,38). The Morgan fingerprint density at radius 2 is 1.92 bits per heavy atom. The van der Waals surface area contributed by atoms with Gasteiger partial charge in [-0.05, 0) is 62.6 Å². The molecule has 0 aliphatic heterocycles. The van der Waals surface area contributed by atoms with Gasteiger partial charge in [-0.2, -0.15) is 9.78 Å². The molecule has 1 saturated carbocycles. The summed E-state index contributed by atoms with van der Waals surface area (Å²) >= 11 is 1.53. The molecule has 1 atom stereocenters. The van der Waals surface area contributed by atoms with E-state index in [1.54, 1.807) is 30.5 Å². The van der Waals surface area contributed by atoms with Gasteiger partial charge in [-0.15, -0.1) is 11.3 Å². The highest BCUT2D eigenvalue weighted by Crippen LogP contribution is 2.49. The molecule has 9 nitrogen and oxygen atoms in total. The van der Waals surface area contributed by atoms with Crippen LogP contribution in [0.4, 0.5) is 0 Å². The molecule has 0 bridgehead atoms. The fourth-order valence-corrected chi connectivity index (χ4v) is 5.52. The predicted octanol–water partition coefficient (Wildman–Crippen LogP) is 4.79. The number of thiazole rings is 1. The molecule has 1 aliphatic rings. The van der Waals surface area contributed by atoms with Crippen LogP contribution in [0.25, 0.3) is 22.2 Å². The van der Waals surface area contributed by atoms with Gasteiger partial charge >= 0.3 is 0 Å². The number of nitrogens with one attached hydrogen (secondary N) is 3. The van der Waals surface area contributed by atoms with Gasteiger partial charge in [0.15, 0.2) is 0 Å². The molecule has 194 valence electrons. The lowest BCUT2D eigenvalue weighted by atomic mass is 9.93. The zero-order chi connectivity index (χ0) is 27.1. The summed E-state index contributed by atoms with van der Waals surface area (Å²) in [6.07, 6.45) is 4.90. The first-order valence-corrected chi connectivity index (χ1v) is 13.5. The van der Waals surface area contributed by atoms with E-state index in [0.717, 1.165) is 45.6 Å². The van der Waals surface area contributed by atoms with Crippen molar-refractivity contribution in [2.45, 2.75) is 38.1 Å². The van der Waals surface area contributed by atoms with Crippen molar-refractivity contribution in [3.63, 3.8) is 0 Å². The molecule has 10 heteroatoms. The second-order valence-corrected chi connectivity index (χ2v) is 10.7. The Hall–Kier alpha value is -4.57. The number of nitrogens with zero attached hydrogens (tertiary/aromatic N) is 5. The lowest BCUT2D eigenvalue weighted by Gasteiger charge is -2.19. The SMILES string of the molecule is Cc1csc(C(C)NC(=O)c2ccc(-c3cnc(=N)n(C(=N)C4(c5ccc6ncccc6c5)CC4)n3)cc2)n1. The molecule has 0 saturated heterocycles. The normalized spacial score (nSPS) is 14.6. The van der Waals surface area contributed by atoms with Crippen LogP contribution >= 0.6 is 11.3 Å². The molecule has 0 spiro atoms. The van der Waals surface area contributed by atoms with Crippen LogP contribution in [0.1, 0.15) is 52.4 Å². The molecule has 2 aromatic carbocycles. The van der Waals surface area contributed by atoms with Crippen molar-refractivity contribution in [2.75, 3.05) is 0 Å². The van der Waals surface area contributed by atoms with E-state index in [0.29, 0.717) is 11.3 Å². The molecule has 1 amide bonds. The maximum absolute atomic E-state index is 12.8. The largest absolute Gasteiger partial charge is 0.343 e. The van der Waals surface area contributed by atoms with Gasteiger partial charge < -0.3 is 5.32 Å². The van der Waals surface area contributed by atoms with Crippen LogP contribution in [0, 0.1) is 17.7 Å². The van der Waals surface area contributed by atoms with Gasteiger partial charge in [-0.1, -0.05) is 24.3 Å². The molecule has 6 rings (SSSR count). The summed E-state index contributed by atoms with van der Waals surface area (Å²) in [4.78, 5) is 25.8. The van der Waals surface area contributed by atoms with Crippen LogP contribution in [-0.2, 0) is 5.41 Å². The number of carbonyl (C=O) groups is 1. The topological polar surface area (TPSA) is 133 Å². The summed E-state index contributed by atoms with van der Waals surface area (Å²) in [5.74, 6) is 0.0418. The third-order valence-corrected chi connectivity index (χ3v) is 8.23. The van der Waals surface area contributed by atoms with Gasteiger partial charge in [0.1, 0.15) is 16.5 Å².